The summed E-state index contributed by atoms with van der Waals surface area (Å²) >= 11 is 0. The van der Waals surface area contributed by atoms with E-state index in [-0.39, 0.29) is 16.4 Å². The molecule has 2 heterocycles. The Balaban J connectivity index is 2.28. The number of aromatic nitrogens is 1. The van der Waals surface area contributed by atoms with Gasteiger partial charge in [0.25, 0.3) is 0 Å². The molecule has 2 aromatic rings. The summed E-state index contributed by atoms with van der Waals surface area (Å²) in [6.07, 6.45) is 1.46. The van der Waals surface area contributed by atoms with Crippen molar-refractivity contribution in [2.24, 2.45) is 5.73 Å². The minimum Gasteiger partial charge on any atom is -0.468 e. The van der Waals surface area contributed by atoms with Crippen molar-refractivity contribution < 1.29 is 17.4 Å². The lowest BCUT2D eigenvalue weighted by atomic mass is 10.3. The zero-order valence-corrected chi connectivity index (χ0v) is 10.9. The summed E-state index contributed by atoms with van der Waals surface area (Å²) in [5, 5.41) is 3.63. The van der Waals surface area contributed by atoms with Gasteiger partial charge in [0.05, 0.1) is 23.8 Å². The van der Waals surface area contributed by atoms with Crippen molar-refractivity contribution >= 4 is 9.84 Å². The van der Waals surface area contributed by atoms with E-state index in [1.54, 1.807) is 26.0 Å². The Kier molecular flexibility index (Phi) is 3.27. The molecule has 0 radical (unpaired) electrons. The maximum absolute atomic E-state index is 12.2. The van der Waals surface area contributed by atoms with Crippen molar-refractivity contribution in [1.29, 1.82) is 0 Å². The summed E-state index contributed by atoms with van der Waals surface area (Å²) in [6.45, 7) is 3.15. The zero-order valence-electron chi connectivity index (χ0n) is 10.1. The average Bonchev–Trinajstić information content (AvgIpc) is 2.87. The lowest BCUT2D eigenvalue weighted by Gasteiger charge is -2.09. The molecule has 0 aromatic carbocycles. The Labute approximate surface area is 105 Å². The highest BCUT2D eigenvalue weighted by Gasteiger charge is 2.27. The zero-order chi connectivity index (χ0) is 13.3. The van der Waals surface area contributed by atoms with Gasteiger partial charge in [0.2, 0.25) is 0 Å². The average molecular weight is 270 g/mol. The summed E-state index contributed by atoms with van der Waals surface area (Å²) in [5.74, 6) is 0.466. The van der Waals surface area contributed by atoms with Crippen LogP contribution in [0.25, 0.3) is 0 Å². The van der Waals surface area contributed by atoms with Gasteiger partial charge in [-0.3, -0.25) is 0 Å². The van der Waals surface area contributed by atoms with Crippen LogP contribution in [-0.4, -0.2) is 19.3 Å². The van der Waals surface area contributed by atoms with E-state index in [9.17, 15) is 8.42 Å². The van der Waals surface area contributed by atoms with Crippen molar-refractivity contribution in [2.75, 3.05) is 5.75 Å². The standard InChI is InChI=1S/C11H14N2O4S/c1-7-11(8(2)17-13-7)18(14,15)6-9(12)10-4-3-5-16-10/h3-5,9H,6,12H2,1-2H3. The van der Waals surface area contributed by atoms with E-state index in [1.807, 2.05) is 0 Å². The number of hydrogen-bond donors (Lipinski definition) is 1. The molecule has 0 saturated heterocycles. The molecule has 0 saturated carbocycles. The molecule has 0 fully saturated rings. The minimum atomic E-state index is -3.54. The van der Waals surface area contributed by atoms with Gasteiger partial charge < -0.3 is 14.7 Å². The van der Waals surface area contributed by atoms with Crippen LogP contribution in [0.15, 0.2) is 32.2 Å². The monoisotopic (exact) mass is 270 g/mol. The fraction of sp³-hybridized carbons (Fsp3) is 0.364. The molecule has 2 N–H and O–H groups in total. The van der Waals surface area contributed by atoms with Crippen LogP contribution in [0.1, 0.15) is 23.3 Å². The number of aryl methyl sites for hydroxylation is 2. The Morgan fingerprint density at radius 2 is 2.17 bits per heavy atom. The second-order valence-electron chi connectivity index (χ2n) is 4.06. The van der Waals surface area contributed by atoms with Crippen LogP contribution in [0.4, 0.5) is 0 Å². The lowest BCUT2D eigenvalue weighted by molar-refractivity contribution is 0.390. The third kappa shape index (κ3) is 2.32. The van der Waals surface area contributed by atoms with Gasteiger partial charge in [0.15, 0.2) is 15.6 Å². The van der Waals surface area contributed by atoms with Gasteiger partial charge in [-0.25, -0.2) is 8.42 Å². The highest BCUT2D eigenvalue weighted by Crippen LogP contribution is 2.23. The fourth-order valence-electron chi connectivity index (χ4n) is 1.82. The number of sulfone groups is 1. The molecule has 0 amide bonds. The summed E-state index contributed by atoms with van der Waals surface area (Å²) < 4.78 is 34.4. The maximum atomic E-state index is 12.2. The van der Waals surface area contributed by atoms with Gasteiger partial charge in [0, 0.05) is 0 Å². The van der Waals surface area contributed by atoms with Gasteiger partial charge in [-0.15, -0.1) is 0 Å². The second-order valence-corrected chi connectivity index (χ2v) is 6.03. The highest BCUT2D eigenvalue weighted by molar-refractivity contribution is 7.91. The van der Waals surface area contributed by atoms with E-state index < -0.39 is 15.9 Å². The Morgan fingerprint density at radius 3 is 2.67 bits per heavy atom. The molecule has 6 nitrogen and oxygen atoms in total. The summed E-state index contributed by atoms with van der Waals surface area (Å²) in [7, 11) is -3.54. The quantitative estimate of drug-likeness (QED) is 0.900. The van der Waals surface area contributed by atoms with Crippen LogP contribution < -0.4 is 5.73 Å². The van der Waals surface area contributed by atoms with E-state index in [2.05, 4.69) is 5.16 Å². The number of nitrogens with zero attached hydrogens (tertiary/aromatic N) is 1. The van der Waals surface area contributed by atoms with E-state index in [0.717, 1.165) is 0 Å². The molecule has 0 spiro atoms. The lowest BCUT2D eigenvalue weighted by Crippen LogP contribution is -2.22. The second kappa shape index (κ2) is 4.58. The Hall–Kier alpha value is -1.60. The molecule has 18 heavy (non-hydrogen) atoms. The SMILES string of the molecule is Cc1noc(C)c1S(=O)(=O)CC(N)c1ccco1. The van der Waals surface area contributed by atoms with Crippen molar-refractivity contribution in [1.82, 2.24) is 5.16 Å². The predicted octanol–water partition coefficient (Wildman–Crippen LogP) is 1.36. The first-order valence-electron chi connectivity index (χ1n) is 5.36. The topological polar surface area (TPSA) is 99.3 Å². The molecule has 0 aliphatic rings. The van der Waals surface area contributed by atoms with Gasteiger partial charge in [0.1, 0.15) is 10.7 Å². The smallest absolute Gasteiger partial charge is 0.185 e. The van der Waals surface area contributed by atoms with Gasteiger partial charge in [-0.1, -0.05) is 5.16 Å². The van der Waals surface area contributed by atoms with E-state index in [0.29, 0.717) is 11.5 Å². The summed E-state index contributed by atoms with van der Waals surface area (Å²) in [6, 6.07) is 2.60. The molecule has 98 valence electrons. The molecule has 0 bridgehead atoms. The fourth-order valence-corrected chi connectivity index (χ4v) is 3.59. The van der Waals surface area contributed by atoms with Crippen LogP contribution in [0, 0.1) is 13.8 Å². The van der Waals surface area contributed by atoms with Crippen molar-refractivity contribution in [2.45, 2.75) is 24.8 Å². The molecule has 7 heteroatoms. The normalized spacial score (nSPS) is 13.7. The third-order valence-electron chi connectivity index (χ3n) is 2.59. The van der Waals surface area contributed by atoms with Crippen LogP contribution >= 0.6 is 0 Å². The highest BCUT2D eigenvalue weighted by atomic mass is 32.2. The minimum absolute atomic E-state index is 0.115. The Morgan fingerprint density at radius 1 is 1.44 bits per heavy atom. The number of rotatable bonds is 4. The number of furan rings is 1. The molecule has 1 unspecified atom stereocenters. The molecule has 0 aliphatic heterocycles. The Bertz CT molecular complexity index is 609. The van der Waals surface area contributed by atoms with Gasteiger partial charge >= 0.3 is 0 Å². The van der Waals surface area contributed by atoms with Crippen molar-refractivity contribution in [3.05, 3.63) is 35.6 Å². The summed E-state index contributed by atoms with van der Waals surface area (Å²) in [5.41, 5.74) is 6.15. The third-order valence-corrected chi connectivity index (χ3v) is 4.59. The van der Waals surface area contributed by atoms with Crippen molar-refractivity contribution in [3.8, 4) is 0 Å². The van der Waals surface area contributed by atoms with E-state index in [4.69, 9.17) is 14.7 Å². The first-order chi connectivity index (χ1) is 8.42. The number of nitrogens with two attached hydrogens (primary N) is 1. The predicted molar refractivity (Wildman–Crippen MR) is 63.7 cm³/mol. The maximum Gasteiger partial charge on any atom is 0.185 e. The largest absolute Gasteiger partial charge is 0.468 e. The van der Waals surface area contributed by atoms with Crippen molar-refractivity contribution in [3.63, 3.8) is 0 Å². The van der Waals surface area contributed by atoms with Crippen LogP contribution in [0.5, 0.6) is 0 Å². The summed E-state index contributed by atoms with van der Waals surface area (Å²) in [4.78, 5) is 0.115. The van der Waals surface area contributed by atoms with Gasteiger partial charge in [-0.05, 0) is 26.0 Å². The van der Waals surface area contributed by atoms with E-state index >= 15 is 0 Å². The molecule has 2 aromatic heterocycles. The van der Waals surface area contributed by atoms with Crippen LogP contribution in [0.3, 0.4) is 0 Å². The number of hydrogen-bond acceptors (Lipinski definition) is 6. The molecule has 0 aliphatic carbocycles. The van der Waals surface area contributed by atoms with E-state index in [1.165, 1.54) is 6.26 Å². The molecule has 2 rings (SSSR count). The molecular weight excluding hydrogens is 256 g/mol. The molecular formula is C11H14N2O4S. The first kappa shape index (κ1) is 12.8. The first-order valence-corrected chi connectivity index (χ1v) is 7.01. The van der Waals surface area contributed by atoms with Crippen LogP contribution in [0.2, 0.25) is 0 Å². The molecule has 1 atom stereocenters. The van der Waals surface area contributed by atoms with Gasteiger partial charge in [-0.2, -0.15) is 0 Å². The van der Waals surface area contributed by atoms with Crippen LogP contribution in [-0.2, 0) is 9.84 Å².